The normalized spacial score (nSPS) is 9.81. The van der Waals surface area contributed by atoms with Crippen LogP contribution in [0.1, 0.15) is 10.4 Å². The molecule has 3 nitrogen and oxygen atoms in total. The van der Waals surface area contributed by atoms with Crippen LogP contribution in [0.25, 0.3) is 0 Å². The molecule has 1 aromatic heterocycles. The van der Waals surface area contributed by atoms with Crippen LogP contribution in [0.3, 0.4) is 0 Å². The first-order chi connectivity index (χ1) is 7.79. The van der Waals surface area contributed by atoms with Crippen LogP contribution in [-0.2, 0) is 0 Å². The van der Waals surface area contributed by atoms with Crippen LogP contribution in [-0.4, -0.2) is 11.3 Å². The Morgan fingerprint density at radius 1 is 1.19 bits per heavy atom. The van der Waals surface area contributed by atoms with Gasteiger partial charge in [-0.1, -0.05) is 12.1 Å². The van der Waals surface area contributed by atoms with E-state index < -0.39 is 0 Å². The molecule has 0 spiro atoms. The first kappa shape index (κ1) is 11.1. The van der Waals surface area contributed by atoms with Gasteiger partial charge in [0.2, 0.25) is 5.88 Å². The number of carbonyl (C=O) groups is 1. The van der Waals surface area contributed by atoms with Crippen LogP contribution in [0.4, 0.5) is 0 Å². The molecule has 0 atom stereocenters. The molecular weight excluding hydrogens is 317 g/mol. The molecule has 0 aliphatic rings. The maximum atomic E-state index is 10.4. The predicted octanol–water partition coefficient (Wildman–Crippen LogP) is 3.29. The molecule has 80 valence electrons. The number of ether oxygens (including phenoxy) is 1. The summed E-state index contributed by atoms with van der Waals surface area (Å²) in [4.78, 5) is 14.5. The highest BCUT2D eigenvalue weighted by molar-refractivity contribution is 14.1. The zero-order valence-corrected chi connectivity index (χ0v) is 10.4. The van der Waals surface area contributed by atoms with E-state index in [-0.39, 0.29) is 0 Å². The number of carbonyl (C=O) groups excluding carboxylic acids is 1. The largest absolute Gasteiger partial charge is 0.438 e. The van der Waals surface area contributed by atoms with Gasteiger partial charge in [0.05, 0.1) is 3.57 Å². The lowest BCUT2D eigenvalue weighted by molar-refractivity contribution is 0.112. The molecule has 0 fully saturated rings. The van der Waals surface area contributed by atoms with Gasteiger partial charge in [-0.15, -0.1) is 0 Å². The minimum atomic E-state index is 0.481. The molecule has 1 heterocycles. The van der Waals surface area contributed by atoms with Gasteiger partial charge >= 0.3 is 0 Å². The number of hydrogen-bond acceptors (Lipinski definition) is 3. The van der Waals surface area contributed by atoms with Crippen molar-refractivity contribution in [2.45, 2.75) is 0 Å². The molecule has 2 rings (SSSR count). The van der Waals surface area contributed by atoms with Gasteiger partial charge in [0.15, 0.2) is 6.29 Å². The molecule has 16 heavy (non-hydrogen) atoms. The standard InChI is InChI=1S/C12H8INO2/c13-10-3-1-2-4-11(10)16-12-6-5-9(8-15)7-14-12/h1-8H. The van der Waals surface area contributed by atoms with E-state index in [9.17, 15) is 4.79 Å². The maximum Gasteiger partial charge on any atom is 0.219 e. The summed E-state index contributed by atoms with van der Waals surface area (Å²) in [7, 11) is 0. The lowest BCUT2D eigenvalue weighted by Crippen LogP contribution is -1.90. The highest BCUT2D eigenvalue weighted by atomic mass is 127. The second-order valence-corrected chi connectivity index (χ2v) is 4.24. The van der Waals surface area contributed by atoms with E-state index in [0.717, 1.165) is 15.6 Å². The second kappa shape index (κ2) is 5.07. The van der Waals surface area contributed by atoms with E-state index in [4.69, 9.17) is 4.74 Å². The first-order valence-corrected chi connectivity index (χ1v) is 5.71. The summed E-state index contributed by atoms with van der Waals surface area (Å²) in [5.74, 6) is 1.24. The Kier molecular flexibility index (Phi) is 3.51. The van der Waals surface area contributed by atoms with Gasteiger partial charge in [0.25, 0.3) is 0 Å². The van der Waals surface area contributed by atoms with E-state index in [1.54, 1.807) is 12.1 Å². The Morgan fingerprint density at radius 2 is 2.00 bits per heavy atom. The molecule has 0 amide bonds. The highest BCUT2D eigenvalue weighted by Gasteiger charge is 2.02. The zero-order chi connectivity index (χ0) is 11.4. The fourth-order valence-corrected chi connectivity index (χ4v) is 1.66. The van der Waals surface area contributed by atoms with Crippen LogP contribution in [0.2, 0.25) is 0 Å². The van der Waals surface area contributed by atoms with E-state index in [1.165, 1.54) is 6.20 Å². The van der Waals surface area contributed by atoms with Gasteiger partial charge < -0.3 is 4.74 Å². The molecule has 0 radical (unpaired) electrons. The summed E-state index contributed by atoms with van der Waals surface area (Å²) in [5, 5.41) is 0. The van der Waals surface area contributed by atoms with Crippen molar-refractivity contribution in [3.63, 3.8) is 0 Å². The van der Waals surface area contributed by atoms with Gasteiger partial charge in [0, 0.05) is 17.8 Å². The number of para-hydroxylation sites is 1. The van der Waals surface area contributed by atoms with Crippen LogP contribution >= 0.6 is 22.6 Å². The molecule has 0 unspecified atom stereocenters. The van der Waals surface area contributed by atoms with Crippen molar-refractivity contribution < 1.29 is 9.53 Å². The summed E-state index contributed by atoms with van der Waals surface area (Å²) in [5.41, 5.74) is 0.537. The number of nitrogens with zero attached hydrogens (tertiary/aromatic N) is 1. The smallest absolute Gasteiger partial charge is 0.219 e. The molecule has 0 N–H and O–H groups in total. The third kappa shape index (κ3) is 2.57. The molecule has 0 aliphatic heterocycles. The zero-order valence-electron chi connectivity index (χ0n) is 8.26. The molecule has 0 bridgehead atoms. The van der Waals surface area contributed by atoms with Crippen molar-refractivity contribution in [2.24, 2.45) is 0 Å². The van der Waals surface area contributed by atoms with Gasteiger partial charge in [-0.3, -0.25) is 4.79 Å². The predicted molar refractivity (Wildman–Crippen MR) is 68.9 cm³/mol. The van der Waals surface area contributed by atoms with Crippen molar-refractivity contribution in [3.8, 4) is 11.6 Å². The molecule has 4 heteroatoms. The molecule has 0 aliphatic carbocycles. The quantitative estimate of drug-likeness (QED) is 0.642. The lowest BCUT2D eigenvalue weighted by atomic mass is 10.3. The van der Waals surface area contributed by atoms with E-state index in [1.807, 2.05) is 24.3 Å². The van der Waals surface area contributed by atoms with Crippen LogP contribution in [0, 0.1) is 3.57 Å². The average Bonchev–Trinajstić information content (AvgIpc) is 2.33. The molecule has 0 saturated heterocycles. The fraction of sp³-hybridized carbons (Fsp3) is 0. The van der Waals surface area contributed by atoms with Crippen molar-refractivity contribution in [1.29, 1.82) is 0 Å². The van der Waals surface area contributed by atoms with Gasteiger partial charge in [-0.2, -0.15) is 0 Å². The minimum absolute atomic E-state index is 0.481. The summed E-state index contributed by atoms with van der Waals surface area (Å²) >= 11 is 2.19. The van der Waals surface area contributed by atoms with Gasteiger partial charge in [-0.25, -0.2) is 4.98 Å². The number of benzene rings is 1. The Balaban J connectivity index is 2.21. The van der Waals surface area contributed by atoms with Crippen molar-refractivity contribution >= 4 is 28.9 Å². The SMILES string of the molecule is O=Cc1ccc(Oc2ccccc2I)nc1. The Labute approximate surface area is 107 Å². The second-order valence-electron chi connectivity index (χ2n) is 3.08. The Bertz CT molecular complexity index is 497. The van der Waals surface area contributed by atoms with Crippen LogP contribution < -0.4 is 4.74 Å². The van der Waals surface area contributed by atoms with E-state index >= 15 is 0 Å². The molecular formula is C12H8INO2. The average molecular weight is 325 g/mol. The topological polar surface area (TPSA) is 39.2 Å². The number of rotatable bonds is 3. The minimum Gasteiger partial charge on any atom is -0.438 e. The summed E-state index contributed by atoms with van der Waals surface area (Å²) in [6.45, 7) is 0. The number of pyridine rings is 1. The highest BCUT2D eigenvalue weighted by Crippen LogP contribution is 2.24. The van der Waals surface area contributed by atoms with Gasteiger partial charge in [0.1, 0.15) is 5.75 Å². The summed E-state index contributed by atoms with van der Waals surface area (Å²) < 4.78 is 6.59. The third-order valence-electron chi connectivity index (χ3n) is 1.95. The van der Waals surface area contributed by atoms with Crippen molar-refractivity contribution in [1.82, 2.24) is 4.98 Å². The Morgan fingerprint density at radius 3 is 2.62 bits per heavy atom. The third-order valence-corrected chi connectivity index (χ3v) is 2.84. The fourth-order valence-electron chi connectivity index (χ4n) is 1.16. The van der Waals surface area contributed by atoms with Gasteiger partial charge in [-0.05, 0) is 40.8 Å². The number of halogens is 1. The van der Waals surface area contributed by atoms with Crippen molar-refractivity contribution in [2.75, 3.05) is 0 Å². The first-order valence-electron chi connectivity index (χ1n) is 4.63. The summed E-state index contributed by atoms with van der Waals surface area (Å²) in [6, 6.07) is 11.0. The molecule has 2 aromatic rings. The Hall–Kier alpha value is -1.43. The maximum absolute atomic E-state index is 10.4. The number of aldehydes is 1. The van der Waals surface area contributed by atoms with Crippen LogP contribution in [0.5, 0.6) is 11.6 Å². The monoisotopic (exact) mass is 325 g/mol. The number of aromatic nitrogens is 1. The summed E-state index contributed by atoms with van der Waals surface area (Å²) in [6.07, 6.45) is 2.24. The number of hydrogen-bond donors (Lipinski definition) is 0. The van der Waals surface area contributed by atoms with Crippen molar-refractivity contribution in [3.05, 3.63) is 51.7 Å². The lowest BCUT2D eigenvalue weighted by Gasteiger charge is -2.05. The van der Waals surface area contributed by atoms with E-state index in [0.29, 0.717) is 11.4 Å². The molecule has 0 saturated carbocycles. The van der Waals surface area contributed by atoms with Crippen LogP contribution in [0.15, 0.2) is 42.6 Å². The molecule has 1 aromatic carbocycles. The van der Waals surface area contributed by atoms with E-state index in [2.05, 4.69) is 27.6 Å².